The molecule has 17 heavy (non-hydrogen) atoms. The summed E-state index contributed by atoms with van der Waals surface area (Å²) in [5.74, 6) is -1.07. The van der Waals surface area contributed by atoms with E-state index in [1.807, 2.05) is 0 Å². The van der Waals surface area contributed by atoms with Crippen LogP contribution >= 0.6 is 11.5 Å². The van der Waals surface area contributed by atoms with E-state index < -0.39 is 11.5 Å². The predicted octanol–water partition coefficient (Wildman–Crippen LogP) is 4.58. The molecule has 0 aliphatic rings. The molecule has 0 heterocycles. The zero-order valence-corrected chi connectivity index (χ0v) is 17.8. The van der Waals surface area contributed by atoms with Gasteiger partial charge in [-0.1, -0.05) is 0 Å². The molecule has 0 aliphatic heterocycles. The van der Waals surface area contributed by atoms with Crippen LogP contribution in [-0.2, 0) is 0 Å². The number of hydrogen-bond donors (Lipinski definition) is 0. The molecule has 0 aromatic carbocycles. The van der Waals surface area contributed by atoms with Crippen molar-refractivity contribution in [1.82, 2.24) is 0 Å². The van der Waals surface area contributed by atoms with Crippen LogP contribution in [0.4, 0.5) is 0 Å². The summed E-state index contributed by atoms with van der Waals surface area (Å²) in [6.45, 7) is 19.0. The van der Waals surface area contributed by atoms with Crippen LogP contribution in [0, 0.1) is 0 Å². The SMILES string of the molecule is CC(C)P([Se])(=C[P+]([Se-])(C(C)C)C(C)C)C(C)C. The summed E-state index contributed by atoms with van der Waals surface area (Å²) in [4.78, 5) is 0. The number of hydrogen-bond acceptors (Lipinski definition) is 0. The molecule has 0 fully saturated rings. The van der Waals surface area contributed by atoms with E-state index in [4.69, 9.17) is 0 Å². The summed E-state index contributed by atoms with van der Waals surface area (Å²) in [6.07, 6.45) is 0. The molecule has 0 saturated heterocycles. The van der Waals surface area contributed by atoms with Crippen molar-refractivity contribution in [3.05, 3.63) is 0 Å². The van der Waals surface area contributed by atoms with Crippen LogP contribution in [-0.4, -0.2) is 59.3 Å². The first-order valence-electron chi connectivity index (χ1n) is 6.53. The third-order valence-corrected chi connectivity index (χ3v) is 27.1. The molecule has 0 rings (SSSR count). The van der Waals surface area contributed by atoms with Crippen LogP contribution in [0.3, 0.4) is 0 Å². The zero-order valence-electron chi connectivity index (χ0n) is 12.6. The van der Waals surface area contributed by atoms with Gasteiger partial charge in [0.1, 0.15) is 0 Å². The molecule has 4 heteroatoms. The summed E-state index contributed by atoms with van der Waals surface area (Å²) in [5.41, 5.74) is 4.74. The maximum atomic E-state index is 3.62. The van der Waals surface area contributed by atoms with Gasteiger partial charge in [0.15, 0.2) is 0 Å². The van der Waals surface area contributed by atoms with Gasteiger partial charge in [0.25, 0.3) is 0 Å². The Labute approximate surface area is 126 Å². The molecule has 0 saturated carbocycles. The van der Waals surface area contributed by atoms with Crippen molar-refractivity contribution in [2.45, 2.75) is 78.0 Å². The van der Waals surface area contributed by atoms with Gasteiger partial charge in [0.2, 0.25) is 0 Å². The molecule has 1 radical (unpaired) electrons. The fourth-order valence-corrected chi connectivity index (χ4v) is 19.5. The molecule has 0 unspecified atom stereocenters. The summed E-state index contributed by atoms with van der Waals surface area (Å²) in [6, 6.07) is 0. The van der Waals surface area contributed by atoms with Crippen LogP contribution < -0.4 is 0 Å². The average molecular weight is 405 g/mol. The van der Waals surface area contributed by atoms with Gasteiger partial charge >= 0.3 is 126 Å². The van der Waals surface area contributed by atoms with Gasteiger partial charge in [-0.05, 0) is 0 Å². The van der Waals surface area contributed by atoms with Crippen molar-refractivity contribution in [3.8, 4) is 0 Å². The molecule has 103 valence electrons. The van der Waals surface area contributed by atoms with Crippen LogP contribution in [0.2, 0.25) is 0 Å². The second kappa shape index (κ2) is 6.97. The minimum atomic E-state index is -1.07. The molecule has 0 aromatic rings. The van der Waals surface area contributed by atoms with E-state index in [0.29, 0.717) is 0 Å². The van der Waals surface area contributed by atoms with Gasteiger partial charge < -0.3 is 0 Å². The average Bonchev–Trinajstić information content (AvgIpc) is 2.15. The third-order valence-electron chi connectivity index (χ3n) is 3.59. The van der Waals surface area contributed by atoms with Crippen LogP contribution in [0.5, 0.6) is 0 Å². The first kappa shape index (κ1) is 18.8. The van der Waals surface area contributed by atoms with Gasteiger partial charge in [-0.3, -0.25) is 0 Å². The molecule has 0 bridgehead atoms. The van der Waals surface area contributed by atoms with E-state index in [-0.39, 0.29) is 0 Å². The van der Waals surface area contributed by atoms with E-state index in [1.54, 1.807) is 0 Å². The van der Waals surface area contributed by atoms with E-state index in [2.05, 4.69) is 92.1 Å². The van der Waals surface area contributed by atoms with E-state index in [1.165, 1.54) is 0 Å². The summed E-state index contributed by atoms with van der Waals surface area (Å²) in [7, 11) is 0. The normalized spacial score (nSPS) is 14.2. The standard InChI is InChI=1S/C13H29P2Se2/c1-10(2)14(16,11(3)4)9-15(17,12(5)6)13(7)8/h9-13H,1-8H3. The molecule has 0 N–H and O–H groups in total. The second-order valence-corrected chi connectivity index (χ2v) is 22.1. The fourth-order valence-electron chi connectivity index (χ4n) is 2.01. The van der Waals surface area contributed by atoms with Gasteiger partial charge in [-0.25, -0.2) is 0 Å². The van der Waals surface area contributed by atoms with Gasteiger partial charge in [-0.15, -0.1) is 0 Å². The first-order chi connectivity index (χ1) is 7.48. The van der Waals surface area contributed by atoms with Crippen LogP contribution in [0.1, 0.15) is 55.4 Å². The Morgan fingerprint density at radius 3 is 1.35 bits per heavy atom. The molecule has 0 aromatic heterocycles. The predicted molar refractivity (Wildman–Crippen MR) is 92.0 cm³/mol. The molecule has 0 nitrogen and oxygen atoms in total. The first-order valence-corrected chi connectivity index (χ1v) is 15.0. The second-order valence-electron chi connectivity index (χ2n) is 6.02. The van der Waals surface area contributed by atoms with E-state index >= 15 is 0 Å². The molecule has 0 amide bonds. The van der Waals surface area contributed by atoms with Gasteiger partial charge in [0, 0.05) is 0 Å². The van der Waals surface area contributed by atoms with E-state index in [0.717, 1.165) is 22.6 Å². The molecule has 0 atom stereocenters. The summed E-state index contributed by atoms with van der Waals surface area (Å²) < 4.78 is 0. The zero-order chi connectivity index (χ0) is 14.0. The summed E-state index contributed by atoms with van der Waals surface area (Å²) in [5, 5.41) is 0. The van der Waals surface area contributed by atoms with Gasteiger partial charge in [0.05, 0.1) is 0 Å². The minimum absolute atomic E-state index is 0.757. The Morgan fingerprint density at radius 1 is 0.882 bits per heavy atom. The monoisotopic (exact) mass is 407 g/mol. The van der Waals surface area contributed by atoms with Crippen LogP contribution in [0.25, 0.3) is 0 Å². The molecular formula is C13H29P2Se2. The molecule has 0 aliphatic carbocycles. The van der Waals surface area contributed by atoms with Crippen molar-refractivity contribution in [1.29, 1.82) is 0 Å². The molecular weight excluding hydrogens is 376 g/mol. The fraction of sp³-hybridized carbons (Fsp3) is 0.923. The van der Waals surface area contributed by atoms with Crippen molar-refractivity contribution in [3.63, 3.8) is 0 Å². The summed E-state index contributed by atoms with van der Waals surface area (Å²) >= 11 is 7.24. The third kappa shape index (κ3) is 4.38. The van der Waals surface area contributed by atoms with Gasteiger partial charge in [-0.2, -0.15) is 0 Å². The Morgan fingerprint density at radius 2 is 1.18 bits per heavy atom. The Kier molecular flexibility index (Phi) is 7.70. The maximum absolute atomic E-state index is 3.62. The van der Waals surface area contributed by atoms with Crippen molar-refractivity contribution < 1.29 is 0 Å². The van der Waals surface area contributed by atoms with Crippen molar-refractivity contribution in [2.75, 3.05) is 0 Å². The quantitative estimate of drug-likeness (QED) is 0.464. The Hall–Kier alpha value is 1.77. The van der Waals surface area contributed by atoms with Crippen LogP contribution in [0.15, 0.2) is 0 Å². The topological polar surface area (TPSA) is 0 Å². The number of rotatable bonds is 5. The van der Waals surface area contributed by atoms with Crippen molar-refractivity contribution in [2.24, 2.45) is 0 Å². The van der Waals surface area contributed by atoms with Crippen molar-refractivity contribution >= 4 is 48.2 Å². The molecule has 0 spiro atoms. The van der Waals surface area contributed by atoms with E-state index in [9.17, 15) is 0 Å². The Bertz CT molecular complexity index is 274. The Balaban J connectivity index is 5.73.